The van der Waals surface area contributed by atoms with Crippen molar-refractivity contribution in [2.24, 2.45) is 0 Å². The average molecular weight is 350 g/mol. The molecule has 1 fully saturated rings. The van der Waals surface area contributed by atoms with Crippen LogP contribution in [0.25, 0.3) is 0 Å². The molecule has 1 saturated heterocycles. The van der Waals surface area contributed by atoms with Gasteiger partial charge in [0.25, 0.3) is 0 Å². The Balaban J connectivity index is 1.60. The highest BCUT2D eigenvalue weighted by molar-refractivity contribution is 7.55. The fourth-order valence-corrected chi connectivity index (χ4v) is 3.59. The summed E-state index contributed by atoms with van der Waals surface area (Å²) in [4.78, 5) is 12.6. The second kappa shape index (κ2) is 7.81. The molecule has 1 N–H and O–H groups in total. The van der Waals surface area contributed by atoms with Crippen LogP contribution in [0.3, 0.4) is 0 Å². The Kier molecular flexibility index (Phi) is 5.53. The molecule has 1 heterocycles. The van der Waals surface area contributed by atoms with Gasteiger partial charge in [-0.2, -0.15) is 4.89 Å². The van der Waals surface area contributed by atoms with Crippen LogP contribution in [-0.4, -0.2) is 38.3 Å². The van der Waals surface area contributed by atoms with E-state index in [1.165, 1.54) is 0 Å². The van der Waals surface area contributed by atoms with Gasteiger partial charge in [0.05, 0.1) is 7.11 Å². The number of nitrogens with zero attached hydrogens (tertiary/aromatic N) is 1. The highest BCUT2D eigenvalue weighted by atomic mass is 31.2. The van der Waals surface area contributed by atoms with E-state index < -0.39 is 8.17 Å². The molecule has 6 nitrogen and oxygen atoms in total. The number of benzene rings is 2. The normalized spacial score (nSPS) is 17.7. The van der Waals surface area contributed by atoms with Crippen molar-refractivity contribution < 1.29 is 23.2 Å². The molecular weight excluding hydrogens is 329 g/mol. The molecule has 0 aromatic heterocycles. The lowest BCUT2D eigenvalue weighted by molar-refractivity contribution is 0.117. The van der Waals surface area contributed by atoms with E-state index >= 15 is 0 Å². The minimum atomic E-state index is -3.33. The Morgan fingerprint density at radius 3 is 2.12 bits per heavy atom. The van der Waals surface area contributed by atoms with Gasteiger partial charge in [0.15, 0.2) is 5.75 Å². The predicted molar refractivity (Wildman–Crippen MR) is 93.3 cm³/mol. The van der Waals surface area contributed by atoms with Gasteiger partial charge in [-0.3, -0.25) is 4.52 Å². The fourth-order valence-electron chi connectivity index (χ4n) is 2.40. The molecule has 3 rings (SSSR count). The number of para-hydroxylation sites is 1. The maximum Gasteiger partial charge on any atom is 0.619 e. The molecular formula is C17H21NO5P+. The van der Waals surface area contributed by atoms with Crippen molar-refractivity contribution in [3.05, 3.63) is 54.6 Å². The third-order valence-corrected chi connectivity index (χ3v) is 5.09. The van der Waals surface area contributed by atoms with E-state index in [1.54, 1.807) is 19.2 Å². The second-order valence-corrected chi connectivity index (χ2v) is 6.86. The molecule has 128 valence electrons. The van der Waals surface area contributed by atoms with Gasteiger partial charge >= 0.3 is 8.17 Å². The Labute approximate surface area is 142 Å². The van der Waals surface area contributed by atoms with Gasteiger partial charge in [0.2, 0.25) is 0 Å². The topological polar surface area (TPSA) is 60.4 Å². The summed E-state index contributed by atoms with van der Waals surface area (Å²) >= 11 is 0. The minimum Gasteiger partial charge on any atom is -0.497 e. The Hall–Kier alpha value is -1.85. The first-order chi connectivity index (χ1) is 11.7. The quantitative estimate of drug-likeness (QED) is 0.854. The Bertz CT molecular complexity index is 627. The number of methoxy groups -OCH3 is 1. The largest absolute Gasteiger partial charge is 0.619 e. The molecule has 1 aliphatic heterocycles. The van der Waals surface area contributed by atoms with Crippen molar-refractivity contribution in [1.82, 2.24) is 0 Å². The first-order valence-electron chi connectivity index (χ1n) is 7.73. The van der Waals surface area contributed by atoms with Gasteiger partial charge in [-0.1, -0.05) is 18.2 Å². The average Bonchev–Trinajstić information content (AvgIpc) is 2.59. The lowest BCUT2D eigenvalue weighted by Gasteiger charge is -2.27. The first-order valence-corrected chi connectivity index (χ1v) is 9.23. The van der Waals surface area contributed by atoms with Crippen LogP contribution in [0, 0.1) is 0 Å². The number of hydrogen-bond donors (Lipinski definition) is 1. The van der Waals surface area contributed by atoms with Crippen LogP contribution in [0.2, 0.25) is 0 Å². The summed E-state index contributed by atoms with van der Waals surface area (Å²) in [6.45, 7) is 1.89. The van der Waals surface area contributed by atoms with E-state index in [4.69, 9.17) is 18.3 Å². The van der Waals surface area contributed by atoms with Crippen LogP contribution in [0.4, 0.5) is 5.69 Å². The maximum atomic E-state index is 10.5. The summed E-state index contributed by atoms with van der Waals surface area (Å²) in [6, 6.07) is 16.9. The van der Waals surface area contributed by atoms with Gasteiger partial charge in [0.1, 0.15) is 19.0 Å². The van der Waals surface area contributed by atoms with Crippen LogP contribution in [0.5, 0.6) is 11.5 Å². The van der Waals surface area contributed by atoms with Gasteiger partial charge < -0.3 is 9.64 Å². The predicted octanol–water partition coefficient (Wildman–Crippen LogP) is 3.30. The zero-order valence-corrected chi connectivity index (χ0v) is 14.4. The summed E-state index contributed by atoms with van der Waals surface area (Å²) in [5, 5.41) is 0. The van der Waals surface area contributed by atoms with Crippen LogP contribution in [-0.2, 0) is 9.05 Å². The lowest BCUT2D eigenvalue weighted by atomic mass is 10.2. The maximum absolute atomic E-state index is 10.5. The smallest absolute Gasteiger partial charge is 0.497 e. The van der Waals surface area contributed by atoms with Crippen molar-refractivity contribution in [2.75, 3.05) is 38.3 Å². The summed E-state index contributed by atoms with van der Waals surface area (Å²) in [5.74, 6) is 1.34. The van der Waals surface area contributed by atoms with Gasteiger partial charge in [-0.25, -0.2) is 0 Å². The fraction of sp³-hybridized carbons (Fsp3) is 0.294. The molecule has 7 heteroatoms. The summed E-state index contributed by atoms with van der Waals surface area (Å²) < 4.78 is 21.8. The monoisotopic (exact) mass is 350 g/mol. The standard InChI is InChI=1S/C17H21NO5P/c1-20-16-9-7-15(8-10-16)18-11-13-21-24(19,22-14-12-18)23-17-5-3-2-4-6-17/h2-10,19H,11-14H2,1H3/q+1. The third kappa shape index (κ3) is 4.36. The van der Waals surface area contributed by atoms with E-state index in [1.807, 2.05) is 42.5 Å². The van der Waals surface area contributed by atoms with Crippen molar-refractivity contribution in [1.29, 1.82) is 0 Å². The van der Waals surface area contributed by atoms with E-state index in [2.05, 4.69) is 4.90 Å². The second-order valence-electron chi connectivity index (χ2n) is 5.22. The zero-order chi connectivity index (χ0) is 16.8. The van der Waals surface area contributed by atoms with Crippen LogP contribution >= 0.6 is 8.17 Å². The van der Waals surface area contributed by atoms with Gasteiger partial charge in [-0.15, -0.1) is 9.05 Å². The zero-order valence-electron chi connectivity index (χ0n) is 13.5. The Morgan fingerprint density at radius 1 is 0.917 bits per heavy atom. The SMILES string of the molecule is COc1ccc(N2CCO[P+](O)(Oc3ccccc3)OCC2)cc1. The summed E-state index contributed by atoms with van der Waals surface area (Å²) in [7, 11) is -1.69. The van der Waals surface area contributed by atoms with Crippen molar-refractivity contribution in [3.63, 3.8) is 0 Å². The van der Waals surface area contributed by atoms with Crippen molar-refractivity contribution in [3.8, 4) is 11.5 Å². The van der Waals surface area contributed by atoms with Crippen LogP contribution in [0.1, 0.15) is 0 Å². The molecule has 0 aliphatic carbocycles. The molecule has 24 heavy (non-hydrogen) atoms. The number of ether oxygens (including phenoxy) is 1. The molecule has 0 spiro atoms. The molecule has 2 aromatic carbocycles. The summed E-state index contributed by atoms with van der Waals surface area (Å²) in [6.07, 6.45) is 0. The molecule has 0 saturated carbocycles. The molecule has 0 atom stereocenters. The lowest BCUT2D eigenvalue weighted by Crippen LogP contribution is -2.34. The van der Waals surface area contributed by atoms with Crippen molar-refractivity contribution >= 4 is 13.9 Å². The molecule has 0 radical (unpaired) electrons. The van der Waals surface area contributed by atoms with Gasteiger partial charge in [-0.05, 0) is 36.4 Å². The van der Waals surface area contributed by atoms with E-state index in [-0.39, 0.29) is 0 Å². The first kappa shape index (κ1) is 17.0. The number of hydrogen-bond acceptors (Lipinski definition) is 6. The highest BCUT2D eigenvalue weighted by Gasteiger charge is 2.47. The van der Waals surface area contributed by atoms with Crippen LogP contribution in [0.15, 0.2) is 54.6 Å². The molecule has 0 amide bonds. The van der Waals surface area contributed by atoms with Crippen molar-refractivity contribution in [2.45, 2.75) is 0 Å². The highest BCUT2D eigenvalue weighted by Crippen LogP contribution is 2.57. The van der Waals surface area contributed by atoms with E-state index in [9.17, 15) is 4.89 Å². The molecule has 0 unspecified atom stereocenters. The summed E-state index contributed by atoms with van der Waals surface area (Å²) in [5.41, 5.74) is 1.05. The van der Waals surface area contributed by atoms with Crippen LogP contribution < -0.4 is 14.2 Å². The number of anilines is 1. The third-order valence-electron chi connectivity index (χ3n) is 3.63. The molecule has 0 bridgehead atoms. The van der Waals surface area contributed by atoms with E-state index in [0.29, 0.717) is 32.1 Å². The molecule has 1 aliphatic rings. The van der Waals surface area contributed by atoms with E-state index in [0.717, 1.165) is 11.4 Å². The minimum absolute atomic E-state index is 0.309. The van der Waals surface area contributed by atoms with Gasteiger partial charge in [0, 0.05) is 18.8 Å². The Morgan fingerprint density at radius 2 is 1.54 bits per heavy atom. The molecule has 2 aromatic rings. The number of rotatable bonds is 4.